The molecule has 0 unspecified atom stereocenters. The molecule has 0 aromatic carbocycles. The van der Waals surface area contributed by atoms with E-state index in [0.717, 1.165) is 11.9 Å². The molecular weight excluding hydrogens is 258 g/mol. The van der Waals surface area contributed by atoms with E-state index in [4.69, 9.17) is 4.52 Å². The van der Waals surface area contributed by atoms with Crippen LogP contribution >= 0.6 is 0 Å². The van der Waals surface area contributed by atoms with Gasteiger partial charge in [-0.3, -0.25) is 4.18 Å². The molecule has 0 fully saturated rings. The fourth-order valence-electron chi connectivity index (χ4n) is 1.20. The average Bonchev–Trinajstić information content (AvgIpc) is 2.75. The van der Waals surface area contributed by atoms with Gasteiger partial charge in [0.1, 0.15) is 18.0 Å². The first-order chi connectivity index (χ1) is 8.44. The van der Waals surface area contributed by atoms with Crippen LogP contribution in [-0.4, -0.2) is 30.0 Å². The Hall–Kier alpha value is -1.80. The monoisotopic (exact) mass is 269 g/mol. The van der Waals surface area contributed by atoms with Crippen LogP contribution in [0, 0.1) is 6.92 Å². The van der Waals surface area contributed by atoms with Gasteiger partial charge in [0.2, 0.25) is 0 Å². The van der Waals surface area contributed by atoms with Gasteiger partial charge in [0.25, 0.3) is 10.1 Å². The molecule has 96 valence electrons. The van der Waals surface area contributed by atoms with Gasteiger partial charge in [0.05, 0.1) is 11.9 Å². The molecule has 2 rings (SSSR count). The molecule has 2 heterocycles. The molecule has 0 atom stereocenters. The average molecular weight is 269 g/mol. The standard InChI is InChI=1S/C10H11N3O4S/c1-7-3-4-9(12-11-7)10-5-8(13-17-10)6-16-18(2,14)15/h3-5H,6H2,1-2H3. The SMILES string of the molecule is Cc1ccc(-c2cc(COS(C)(=O)=O)no2)nn1. The number of rotatable bonds is 4. The second-order valence-electron chi connectivity index (χ2n) is 3.71. The van der Waals surface area contributed by atoms with E-state index in [2.05, 4.69) is 19.5 Å². The maximum atomic E-state index is 10.8. The molecule has 0 N–H and O–H groups in total. The zero-order chi connectivity index (χ0) is 13.2. The molecule has 0 amide bonds. The van der Waals surface area contributed by atoms with E-state index in [0.29, 0.717) is 17.1 Å². The summed E-state index contributed by atoms with van der Waals surface area (Å²) < 4.78 is 31.3. The quantitative estimate of drug-likeness (QED) is 0.761. The number of nitrogens with zero attached hydrogens (tertiary/aromatic N) is 3. The highest BCUT2D eigenvalue weighted by atomic mass is 32.2. The second-order valence-corrected chi connectivity index (χ2v) is 5.35. The van der Waals surface area contributed by atoms with Crippen LogP contribution in [-0.2, 0) is 20.9 Å². The lowest BCUT2D eigenvalue weighted by Gasteiger charge is -1.95. The van der Waals surface area contributed by atoms with Crippen molar-refractivity contribution in [3.8, 4) is 11.5 Å². The zero-order valence-corrected chi connectivity index (χ0v) is 10.6. The van der Waals surface area contributed by atoms with E-state index < -0.39 is 10.1 Å². The lowest BCUT2D eigenvalue weighted by atomic mass is 10.3. The van der Waals surface area contributed by atoms with Gasteiger partial charge in [-0.15, -0.1) is 5.10 Å². The van der Waals surface area contributed by atoms with Crippen molar-refractivity contribution in [2.24, 2.45) is 0 Å². The topological polar surface area (TPSA) is 95.2 Å². The number of hydrogen-bond acceptors (Lipinski definition) is 7. The van der Waals surface area contributed by atoms with E-state index in [1.165, 1.54) is 0 Å². The van der Waals surface area contributed by atoms with Gasteiger partial charge in [-0.05, 0) is 19.1 Å². The fraction of sp³-hybridized carbons (Fsp3) is 0.300. The summed E-state index contributed by atoms with van der Waals surface area (Å²) in [6, 6.07) is 5.09. The Bertz CT molecular complexity index is 633. The minimum Gasteiger partial charge on any atom is -0.354 e. The molecule has 0 aliphatic rings. The maximum absolute atomic E-state index is 10.8. The van der Waals surface area contributed by atoms with Crippen LogP contribution in [0.15, 0.2) is 22.7 Å². The Labute approximate surface area is 104 Å². The van der Waals surface area contributed by atoms with Crippen molar-refractivity contribution in [1.29, 1.82) is 0 Å². The Morgan fingerprint density at radius 2 is 2.11 bits per heavy atom. The Kier molecular flexibility index (Phi) is 3.39. The fourth-order valence-corrected chi connectivity index (χ4v) is 1.53. The number of aromatic nitrogens is 3. The lowest BCUT2D eigenvalue weighted by molar-refractivity contribution is 0.296. The van der Waals surface area contributed by atoms with E-state index in [-0.39, 0.29) is 6.61 Å². The van der Waals surface area contributed by atoms with Crippen LogP contribution in [0.5, 0.6) is 0 Å². The van der Waals surface area contributed by atoms with Crippen molar-refractivity contribution in [2.75, 3.05) is 6.26 Å². The zero-order valence-electron chi connectivity index (χ0n) is 9.82. The maximum Gasteiger partial charge on any atom is 0.264 e. The lowest BCUT2D eigenvalue weighted by Crippen LogP contribution is -2.02. The molecule has 2 aromatic rings. The molecule has 0 bridgehead atoms. The third-order valence-corrected chi connectivity index (χ3v) is 2.58. The van der Waals surface area contributed by atoms with Crippen molar-refractivity contribution >= 4 is 10.1 Å². The van der Waals surface area contributed by atoms with Crippen LogP contribution in [0.1, 0.15) is 11.4 Å². The van der Waals surface area contributed by atoms with E-state index in [1.807, 2.05) is 6.92 Å². The predicted octanol–water partition coefficient (Wildman–Crippen LogP) is 0.916. The van der Waals surface area contributed by atoms with Crippen LogP contribution in [0.4, 0.5) is 0 Å². The third-order valence-electron chi connectivity index (χ3n) is 2.03. The van der Waals surface area contributed by atoms with Gasteiger partial charge in [0.15, 0.2) is 5.76 Å². The molecule has 8 heteroatoms. The summed E-state index contributed by atoms with van der Waals surface area (Å²) in [5.41, 5.74) is 1.69. The Balaban J connectivity index is 2.13. The molecule has 18 heavy (non-hydrogen) atoms. The van der Waals surface area contributed by atoms with Gasteiger partial charge >= 0.3 is 0 Å². The molecule has 7 nitrogen and oxygen atoms in total. The van der Waals surface area contributed by atoms with Crippen LogP contribution < -0.4 is 0 Å². The van der Waals surface area contributed by atoms with Crippen molar-refractivity contribution < 1.29 is 17.1 Å². The second kappa shape index (κ2) is 4.83. The number of hydrogen-bond donors (Lipinski definition) is 0. The normalized spacial score (nSPS) is 11.7. The first-order valence-corrected chi connectivity index (χ1v) is 6.86. The van der Waals surface area contributed by atoms with Gasteiger partial charge in [-0.2, -0.15) is 13.5 Å². The summed E-state index contributed by atoms with van der Waals surface area (Å²) in [5, 5.41) is 11.5. The summed E-state index contributed by atoms with van der Waals surface area (Å²) in [5.74, 6) is 0.412. The van der Waals surface area contributed by atoms with Crippen molar-refractivity contribution in [2.45, 2.75) is 13.5 Å². The largest absolute Gasteiger partial charge is 0.354 e. The van der Waals surface area contributed by atoms with Crippen LogP contribution in [0.2, 0.25) is 0 Å². The molecular formula is C10H11N3O4S. The van der Waals surface area contributed by atoms with Crippen molar-refractivity contribution in [3.63, 3.8) is 0 Å². The van der Waals surface area contributed by atoms with Crippen LogP contribution in [0.3, 0.4) is 0 Å². The Morgan fingerprint density at radius 3 is 2.72 bits per heavy atom. The third kappa shape index (κ3) is 3.34. The molecule has 2 aromatic heterocycles. The first-order valence-electron chi connectivity index (χ1n) is 5.05. The van der Waals surface area contributed by atoms with Crippen molar-refractivity contribution in [3.05, 3.63) is 29.6 Å². The van der Waals surface area contributed by atoms with E-state index in [1.54, 1.807) is 18.2 Å². The highest BCUT2D eigenvalue weighted by molar-refractivity contribution is 7.85. The summed E-state index contributed by atoms with van der Waals surface area (Å²) in [4.78, 5) is 0. The molecule has 0 radical (unpaired) electrons. The molecule has 0 saturated heterocycles. The summed E-state index contributed by atoms with van der Waals surface area (Å²) in [6.45, 7) is 1.66. The minimum absolute atomic E-state index is 0.165. The molecule has 0 spiro atoms. The molecule has 0 aliphatic carbocycles. The van der Waals surface area contributed by atoms with Gasteiger partial charge in [-0.25, -0.2) is 0 Å². The van der Waals surface area contributed by atoms with Gasteiger partial charge in [0, 0.05) is 6.07 Å². The van der Waals surface area contributed by atoms with Gasteiger partial charge in [-0.1, -0.05) is 5.16 Å². The highest BCUT2D eigenvalue weighted by Crippen LogP contribution is 2.17. The van der Waals surface area contributed by atoms with E-state index >= 15 is 0 Å². The molecule has 0 saturated carbocycles. The summed E-state index contributed by atoms with van der Waals surface area (Å²) >= 11 is 0. The van der Waals surface area contributed by atoms with Gasteiger partial charge < -0.3 is 4.52 Å². The smallest absolute Gasteiger partial charge is 0.264 e. The minimum atomic E-state index is -3.49. The summed E-state index contributed by atoms with van der Waals surface area (Å²) in [7, 11) is -3.49. The number of aryl methyl sites for hydroxylation is 1. The van der Waals surface area contributed by atoms with Crippen LogP contribution in [0.25, 0.3) is 11.5 Å². The first kappa shape index (κ1) is 12.7. The Morgan fingerprint density at radius 1 is 1.33 bits per heavy atom. The summed E-state index contributed by atoms with van der Waals surface area (Å²) in [6.07, 6.45) is 0.972. The highest BCUT2D eigenvalue weighted by Gasteiger charge is 2.10. The van der Waals surface area contributed by atoms with E-state index in [9.17, 15) is 8.42 Å². The van der Waals surface area contributed by atoms with Crippen molar-refractivity contribution in [1.82, 2.24) is 15.4 Å². The predicted molar refractivity (Wildman–Crippen MR) is 61.9 cm³/mol. The molecule has 0 aliphatic heterocycles.